The molecule has 3 aliphatic rings. The summed E-state index contributed by atoms with van der Waals surface area (Å²) >= 11 is 0. The molecule has 2 aromatic heterocycles. The van der Waals surface area contributed by atoms with E-state index in [1.807, 2.05) is 12.1 Å². The Kier molecular flexibility index (Phi) is 7.78. The summed E-state index contributed by atoms with van der Waals surface area (Å²) in [5.74, 6) is 2.35. The van der Waals surface area contributed by atoms with Crippen molar-refractivity contribution < 1.29 is 40.8 Å². The molecule has 3 N–H and O–H groups in total. The van der Waals surface area contributed by atoms with E-state index >= 15 is 0 Å². The number of pyridine rings is 2. The minimum atomic E-state index is -0.836. The summed E-state index contributed by atoms with van der Waals surface area (Å²) in [6.45, 7) is 0. The first-order valence-corrected chi connectivity index (χ1v) is 12.9. The fraction of sp³-hybridized carbons (Fsp3) is 0.448. The van der Waals surface area contributed by atoms with E-state index in [-0.39, 0.29) is 33.0 Å². The van der Waals surface area contributed by atoms with E-state index < -0.39 is 12.3 Å². The summed E-state index contributed by atoms with van der Waals surface area (Å²) in [4.78, 5) is 22.2. The number of aromatic nitrogens is 2. The van der Waals surface area contributed by atoms with Gasteiger partial charge in [-0.3, -0.25) is 15.1 Å². The van der Waals surface area contributed by atoms with Crippen molar-refractivity contribution in [3.05, 3.63) is 60.3 Å². The van der Waals surface area contributed by atoms with Crippen LogP contribution in [0.4, 0.5) is 0 Å². The van der Waals surface area contributed by atoms with E-state index in [9.17, 15) is 15.0 Å². The molecule has 194 valence electrons. The first-order chi connectivity index (χ1) is 17.5. The molecule has 1 aliphatic heterocycles. The number of benzene rings is 1. The second-order valence-corrected chi connectivity index (χ2v) is 10.6. The Labute approximate surface area is 231 Å². The number of nitrogens with zero attached hydrogens (tertiary/aromatic N) is 2. The number of aryl methyl sites for hydroxylation is 1. The number of fused-ring (bicyclic) bond motifs is 2. The van der Waals surface area contributed by atoms with Crippen LogP contribution in [0.25, 0.3) is 22.2 Å². The summed E-state index contributed by atoms with van der Waals surface area (Å²) in [6, 6.07) is 9.52. The van der Waals surface area contributed by atoms with Gasteiger partial charge in [0.1, 0.15) is 18.0 Å². The van der Waals surface area contributed by atoms with Crippen LogP contribution in [0.3, 0.4) is 0 Å². The van der Waals surface area contributed by atoms with Crippen molar-refractivity contribution >= 4 is 16.7 Å². The third-order valence-corrected chi connectivity index (χ3v) is 8.29. The van der Waals surface area contributed by atoms with E-state index in [1.165, 1.54) is 24.8 Å². The van der Waals surface area contributed by atoms with E-state index in [0.29, 0.717) is 33.8 Å². The molecule has 0 radical (unpaired) electrons. The van der Waals surface area contributed by atoms with E-state index in [1.54, 1.807) is 25.6 Å². The molecule has 0 spiro atoms. The number of hydrogen-bond acceptors (Lipinski definition) is 7. The van der Waals surface area contributed by atoms with Gasteiger partial charge in [-0.05, 0) is 49.1 Å². The van der Waals surface area contributed by atoms with Crippen molar-refractivity contribution in [3.63, 3.8) is 0 Å². The zero-order chi connectivity index (χ0) is 24.8. The van der Waals surface area contributed by atoms with Crippen LogP contribution in [0.5, 0.6) is 5.75 Å². The Balaban J connectivity index is 0.00000280. The van der Waals surface area contributed by atoms with Crippen molar-refractivity contribution in [3.8, 4) is 17.0 Å². The smallest absolute Gasteiger partial charge is 0.188 e. The fourth-order valence-corrected chi connectivity index (χ4v) is 6.32. The molecule has 0 bridgehead atoms. The van der Waals surface area contributed by atoms with Gasteiger partial charge in [-0.1, -0.05) is 42.7 Å². The van der Waals surface area contributed by atoms with Crippen LogP contribution in [0.15, 0.2) is 42.7 Å². The summed E-state index contributed by atoms with van der Waals surface area (Å²) in [6.07, 6.45) is 11.0. The van der Waals surface area contributed by atoms with Crippen LogP contribution in [-0.4, -0.2) is 51.4 Å². The number of methoxy groups -OCH3 is 1. The Morgan fingerprint density at radius 2 is 1.89 bits per heavy atom. The standard InChI is InChI=1S/C29H32N3O4.Mo/c1-36-28-24(27(34)26-29(35)32-26)22-15-30-11-10-23(22)31-25(28)18-6-4-16(5-7-18)2-3-17-12-19-8-9-21(33)14-20(19)13-17;/h4-7,9-11,15,17,19-21,26,29,32-33,35H,2-3,8,12-14H2,1H3;/q-1;. The summed E-state index contributed by atoms with van der Waals surface area (Å²) in [7, 11) is 1.54. The molecule has 8 heteroatoms. The number of Topliss-reactive ketones (excluding diaryl/α,β-unsaturated/α-hetero) is 1. The number of aliphatic hydroxyl groups is 2. The molecule has 6 atom stereocenters. The number of ether oxygens (including phenoxy) is 1. The zero-order valence-corrected chi connectivity index (χ0v) is 22.8. The Morgan fingerprint density at radius 1 is 1.14 bits per heavy atom. The number of aliphatic hydroxyl groups excluding tert-OH is 2. The molecule has 3 fully saturated rings. The topological polar surface area (TPSA) is 114 Å². The van der Waals surface area contributed by atoms with Gasteiger partial charge in [-0.15, -0.1) is 0 Å². The Bertz CT molecular complexity index is 1280. The average Bonchev–Trinajstić information content (AvgIpc) is 3.49. The SMILES string of the molecule is COc1c(-c2ccc(CCC3CC4C[CH-]C(O)CC4C3)cc2)nc2ccncc2c1C(=O)C1NC1O.[Mo]. The molecule has 1 aromatic carbocycles. The molecule has 7 nitrogen and oxygen atoms in total. The number of carbonyl (C=O) groups is 1. The molecular weight excluding hydrogens is 550 g/mol. The third-order valence-electron chi connectivity index (χ3n) is 8.29. The van der Waals surface area contributed by atoms with Gasteiger partial charge in [0.2, 0.25) is 0 Å². The van der Waals surface area contributed by atoms with Crippen molar-refractivity contribution in [2.24, 2.45) is 17.8 Å². The van der Waals surface area contributed by atoms with Crippen molar-refractivity contribution in [2.45, 2.75) is 56.9 Å². The molecule has 0 amide bonds. The molecule has 2 aliphatic carbocycles. The normalized spacial score (nSPS) is 28.4. The van der Waals surface area contributed by atoms with Gasteiger partial charge in [0.05, 0.1) is 18.2 Å². The Hall–Kier alpha value is -2.18. The van der Waals surface area contributed by atoms with Crippen LogP contribution in [0.1, 0.15) is 48.0 Å². The van der Waals surface area contributed by atoms with Crippen LogP contribution < -0.4 is 10.1 Å². The first-order valence-electron chi connectivity index (χ1n) is 12.9. The van der Waals surface area contributed by atoms with Crippen LogP contribution >= 0.6 is 0 Å². The van der Waals surface area contributed by atoms with Gasteiger partial charge in [-0.25, -0.2) is 4.98 Å². The maximum Gasteiger partial charge on any atom is 0.188 e. The predicted molar refractivity (Wildman–Crippen MR) is 136 cm³/mol. The maximum absolute atomic E-state index is 13.2. The number of carbonyl (C=O) groups excluding carboxylic acids is 1. The first kappa shape index (κ1) is 26.4. The van der Waals surface area contributed by atoms with E-state index in [4.69, 9.17) is 9.72 Å². The minimum Gasteiger partial charge on any atom is -0.494 e. The molecule has 1 saturated heterocycles. The van der Waals surface area contributed by atoms with Crippen LogP contribution in [-0.2, 0) is 27.5 Å². The van der Waals surface area contributed by atoms with Gasteiger partial charge in [0.25, 0.3) is 0 Å². The van der Waals surface area contributed by atoms with Crippen molar-refractivity contribution in [1.82, 2.24) is 15.3 Å². The molecule has 6 unspecified atom stereocenters. The van der Waals surface area contributed by atoms with Crippen molar-refractivity contribution in [2.75, 3.05) is 7.11 Å². The molecule has 3 heterocycles. The summed E-state index contributed by atoms with van der Waals surface area (Å²) in [5, 5.41) is 23.1. The van der Waals surface area contributed by atoms with Crippen molar-refractivity contribution in [1.29, 1.82) is 0 Å². The maximum atomic E-state index is 13.2. The largest absolute Gasteiger partial charge is 0.494 e. The summed E-state index contributed by atoms with van der Waals surface area (Å²) in [5.41, 5.74) is 3.83. The molecule has 3 aromatic rings. The molecule has 6 rings (SSSR count). The second kappa shape index (κ2) is 10.9. The minimum absolute atomic E-state index is 0. The average molecular weight is 583 g/mol. The predicted octanol–water partition coefficient (Wildman–Crippen LogP) is 3.71. The van der Waals surface area contributed by atoms with E-state index in [0.717, 1.165) is 36.7 Å². The Morgan fingerprint density at radius 3 is 2.62 bits per heavy atom. The van der Waals surface area contributed by atoms with Gasteiger partial charge in [-0.2, -0.15) is 6.42 Å². The number of hydrogen-bond donors (Lipinski definition) is 3. The van der Waals surface area contributed by atoms with Gasteiger partial charge in [0, 0.05) is 44.4 Å². The van der Waals surface area contributed by atoms with Gasteiger partial charge in [0.15, 0.2) is 11.5 Å². The van der Waals surface area contributed by atoms with E-state index in [2.05, 4.69) is 28.9 Å². The fourth-order valence-electron chi connectivity index (χ4n) is 6.32. The summed E-state index contributed by atoms with van der Waals surface area (Å²) < 4.78 is 5.73. The third kappa shape index (κ3) is 5.24. The number of rotatable bonds is 7. The van der Waals surface area contributed by atoms with Crippen LogP contribution in [0.2, 0.25) is 0 Å². The second-order valence-electron chi connectivity index (χ2n) is 10.6. The van der Waals surface area contributed by atoms with Crippen LogP contribution in [0, 0.1) is 24.2 Å². The quantitative estimate of drug-likeness (QED) is 0.169. The number of ketones is 1. The molecule has 2 saturated carbocycles. The molecule has 37 heavy (non-hydrogen) atoms. The van der Waals surface area contributed by atoms with Gasteiger partial charge >= 0.3 is 0 Å². The monoisotopic (exact) mass is 584 g/mol. The van der Waals surface area contributed by atoms with Gasteiger partial charge < -0.3 is 21.4 Å². The zero-order valence-electron chi connectivity index (χ0n) is 20.8. The number of nitrogens with one attached hydrogen (secondary N) is 1. The molecular formula is C29H32MoN3O4-.